The van der Waals surface area contributed by atoms with Crippen LogP contribution in [-0.2, 0) is 13.2 Å². The summed E-state index contributed by atoms with van der Waals surface area (Å²) in [6.07, 6.45) is 0.531. The number of hydrogen-bond acceptors (Lipinski definition) is 3. The highest BCUT2D eigenvalue weighted by molar-refractivity contribution is 5.94. The molecule has 3 rings (SSSR count). The maximum Gasteiger partial charge on any atom is 0.416 e. The molecule has 1 unspecified atom stereocenters. The van der Waals surface area contributed by atoms with E-state index in [4.69, 9.17) is 0 Å². The number of aliphatic imine (C=N–C) groups is 1. The number of rotatable bonds is 6. The van der Waals surface area contributed by atoms with Crippen molar-refractivity contribution in [3.05, 3.63) is 53.3 Å². The molecule has 1 aliphatic rings. The Morgan fingerprint density at radius 3 is 2.61 bits per heavy atom. The monoisotopic (exact) mass is 436 g/mol. The lowest BCUT2D eigenvalue weighted by Gasteiger charge is -2.21. The highest BCUT2D eigenvalue weighted by Crippen LogP contribution is 2.29. The van der Waals surface area contributed by atoms with E-state index >= 15 is 0 Å². The molecule has 0 saturated carbocycles. The minimum atomic E-state index is -4.42. The number of benzene rings is 1. The summed E-state index contributed by atoms with van der Waals surface area (Å²) in [5, 5.41) is 10.2. The summed E-state index contributed by atoms with van der Waals surface area (Å²) in [6, 6.07) is 4.16. The lowest BCUT2D eigenvalue weighted by Crippen LogP contribution is -2.40. The molecule has 2 heterocycles. The van der Waals surface area contributed by atoms with Crippen molar-refractivity contribution in [1.82, 2.24) is 25.3 Å². The van der Waals surface area contributed by atoms with Crippen LogP contribution in [0.25, 0.3) is 0 Å². The highest BCUT2D eigenvalue weighted by Gasteiger charge is 2.30. The molecule has 1 saturated heterocycles. The van der Waals surface area contributed by atoms with Crippen LogP contribution in [0.2, 0.25) is 0 Å². The lowest BCUT2D eigenvalue weighted by molar-refractivity contribution is -0.137. The molecule has 0 spiro atoms. The van der Waals surface area contributed by atoms with Crippen molar-refractivity contribution in [2.45, 2.75) is 25.4 Å². The van der Waals surface area contributed by atoms with Gasteiger partial charge < -0.3 is 15.5 Å². The van der Waals surface area contributed by atoms with E-state index in [0.29, 0.717) is 12.5 Å². The third kappa shape index (κ3) is 5.99. The first-order valence-corrected chi connectivity index (χ1v) is 10.2. The Morgan fingerprint density at radius 2 is 2.00 bits per heavy atom. The van der Waals surface area contributed by atoms with Crippen LogP contribution >= 0.6 is 0 Å². The molecule has 1 fully saturated rings. The van der Waals surface area contributed by atoms with E-state index in [9.17, 15) is 18.0 Å². The standard InChI is InChI=1S/C21H27F3N6O/c1-3-25-20(30-11-8-16(14-30)17-12-28-29(2)13-17)27-10-9-26-19(31)15-4-6-18(7-5-15)21(22,23)24/h4-7,12-13,16H,3,8-11,14H2,1-2H3,(H,25,27)(H,26,31). The Hall–Kier alpha value is -3.04. The molecule has 7 nitrogen and oxygen atoms in total. The van der Waals surface area contributed by atoms with Crippen LogP contribution in [0.15, 0.2) is 41.7 Å². The lowest BCUT2D eigenvalue weighted by atomic mass is 10.0. The first-order chi connectivity index (χ1) is 14.8. The second-order valence-corrected chi connectivity index (χ2v) is 7.45. The number of alkyl halides is 3. The molecule has 168 valence electrons. The summed E-state index contributed by atoms with van der Waals surface area (Å²) < 4.78 is 39.7. The fourth-order valence-corrected chi connectivity index (χ4v) is 3.55. The van der Waals surface area contributed by atoms with E-state index in [1.54, 1.807) is 4.68 Å². The predicted octanol–water partition coefficient (Wildman–Crippen LogP) is 2.62. The smallest absolute Gasteiger partial charge is 0.357 e. The minimum Gasteiger partial charge on any atom is -0.357 e. The molecule has 31 heavy (non-hydrogen) atoms. The van der Waals surface area contributed by atoms with Gasteiger partial charge in [0.15, 0.2) is 5.96 Å². The molecule has 2 aromatic rings. The van der Waals surface area contributed by atoms with Crippen molar-refractivity contribution in [3.8, 4) is 0 Å². The van der Waals surface area contributed by atoms with Gasteiger partial charge in [0.05, 0.1) is 18.3 Å². The first-order valence-electron chi connectivity index (χ1n) is 10.2. The fraction of sp³-hybridized carbons (Fsp3) is 0.476. The fourth-order valence-electron chi connectivity index (χ4n) is 3.55. The van der Waals surface area contributed by atoms with E-state index in [1.165, 1.54) is 17.7 Å². The zero-order valence-corrected chi connectivity index (χ0v) is 17.6. The Kier molecular flexibility index (Phi) is 7.19. The predicted molar refractivity (Wildman–Crippen MR) is 112 cm³/mol. The molecule has 1 aromatic carbocycles. The topological polar surface area (TPSA) is 74.6 Å². The average molecular weight is 436 g/mol. The van der Waals surface area contributed by atoms with E-state index in [0.717, 1.165) is 44.1 Å². The molecule has 1 aromatic heterocycles. The van der Waals surface area contributed by atoms with Gasteiger partial charge in [-0.15, -0.1) is 0 Å². The van der Waals surface area contributed by atoms with Crippen molar-refractivity contribution in [2.24, 2.45) is 12.0 Å². The van der Waals surface area contributed by atoms with Crippen molar-refractivity contribution < 1.29 is 18.0 Å². The number of carbonyl (C=O) groups excluding carboxylic acids is 1. The van der Waals surface area contributed by atoms with Crippen LogP contribution < -0.4 is 10.6 Å². The van der Waals surface area contributed by atoms with Gasteiger partial charge in [-0.2, -0.15) is 18.3 Å². The summed E-state index contributed by atoms with van der Waals surface area (Å²) in [5.41, 5.74) is 0.617. The number of nitrogens with one attached hydrogen (secondary N) is 2. The molecule has 1 atom stereocenters. The minimum absolute atomic E-state index is 0.183. The summed E-state index contributed by atoms with van der Waals surface area (Å²) in [5.74, 6) is 0.765. The molecule has 0 aliphatic carbocycles. The number of amides is 1. The van der Waals surface area contributed by atoms with Crippen LogP contribution in [0, 0.1) is 0 Å². The summed E-state index contributed by atoms with van der Waals surface area (Å²) in [6.45, 7) is 5.09. The molecule has 1 amide bonds. The van der Waals surface area contributed by atoms with Crippen LogP contribution in [0.4, 0.5) is 13.2 Å². The van der Waals surface area contributed by atoms with Crippen LogP contribution in [0.3, 0.4) is 0 Å². The number of likely N-dealkylation sites (tertiary alicyclic amines) is 1. The molecule has 0 radical (unpaired) electrons. The number of halogens is 3. The number of carbonyl (C=O) groups is 1. The third-order valence-electron chi connectivity index (χ3n) is 5.15. The molecule has 2 N–H and O–H groups in total. The third-order valence-corrected chi connectivity index (χ3v) is 5.15. The van der Waals surface area contributed by atoms with Crippen LogP contribution in [-0.4, -0.2) is 59.3 Å². The zero-order chi connectivity index (χ0) is 22.4. The number of guanidine groups is 1. The second-order valence-electron chi connectivity index (χ2n) is 7.45. The summed E-state index contributed by atoms with van der Waals surface area (Å²) in [4.78, 5) is 18.9. The van der Waals surface area contributed by atoms with E-state index in [-0.39, 0.29) is 12.1 Å². The van der Waals surface area contributed by atoms with Crippen LogP contribution in [0.5, 0.6) is 0 Å². The van der Waals surface area contributed by atoms with Gasteiger partial charge in [0.25, 0.3) is 5.91 Å². The molecule has 10 heteroatoms. The van der Waals surface area contributed by atoms with E-state index in [2.05, 4.69) is 25.6 Å². The SMILES string of the molecule is CCNC(=NCCNC(=O)c1ccc(C(F)(F)F)cc1)N1CCC(c2cnn(C)c2)C1. The van der Waals surface area contributed by atoms with E-state index in [1.807, 2.05) is 26.4 Å². The van der Waals surface area contributed by atoms with Crippen molar-refractivity contribution in [3.63, 3.8) is 0 Å². The number of hydrogen-bond donors (Lipinski definition) is 2. The van der Waals surface area contributed by atoms with E-state index < -0.39 is 17.6 Å². The molecular formula is C21H27F3N6O. The Bertz CT molecular complexity index is 907. The van der Waals surface area contributed by atoms with Crippen LogP contribution in [0.1, 0.15) is 40.7 Å². The molecular weight excluding hydrogens is 409 g/mol. The van der Waals surface area contributed by atoms with Gasteiger partial charge in [0, 0.05) is 50.9 Å². The summed E-state index contributed by atoms with van der Waals surface area (Å²) in [7, 11) is 1.90. The quantitative estimate of drug-likeness (QED) is 0.415. The Balaban J connectivity index is 1.51. The van der Waals surface area contributed by atoms with Gasteiger partial charge in [-0.3, -0.25) is 14.5 Å². The Morgan fingerprint density at radius 1 is 1.26 bits per heavy atom. The maximum atomic E-state index is 12.6. The van der Waals surface area contributed by atoms with Gasteiger partial charge in [-0.05, 0) is 43.2 Å². The van der Waals surface area contributed by atoms with Gasteiger partial charge in [0.1, 0.15) is 0 Å². The second kappa shape index (κ2) is 9.84. The molecule has 1 aliphatic heterocycles. The number of nitrogens with zero attached hydrogens (tertiary/aromatic N) is 4. The average Bonchev–Trinajstić information content (AvgIpc) is 3.38. The first kappa shape index (κ1) is 22.6. The Labute approximate surface area is 179 Å². The van der Waals surface area contributed by atoms with Gasteiger partial charge in [-0.1, -0.05) is 0 Å². The van der Waals surface area contributed by atoms with Gasteiger partial charge in [-0.25, -0.2) is 0 Å². The summed E-state index contributed by atoms with van der Waals surface area (Å²) >= 11 is 0. The van der Waals surface area contributed by atoms with Gasteiger partial charge >= 0.3 is 6.18 Å². The largest absolute Gasteiger partial charge is 0.416 e. The zero-order valence-electron chi connectivity index (χ0n) is 17.6. The van der Waals surface area contributed by atoms with Crippen molar-refractivity contribution in [1.29, 1.82) is 0 Å². The van der Waals surface area contributed by atoms with Gasteiger partial charge in [0.2, 0.25) is 0 Å². The normalized spacial score (nSPS) is 17.1. The highest BCUT2D eigenvalue weighted by atomic mass is 19.4. The number of aryl methyl sites for hydroxylation is 1. The number of aromatic nitrogens is 2. The molecule has 0 bridgehead atoms. The maximum absolute atomic E-state index is 12.6. The van der Waals surface area contributed by atoms with Crippen molar-refractivity contribution >= 4 is 11.9 Å². The van der Waals surface area contributed by atoms with Crippen molar-refractivity contribution in [2.75, 3.05) is 32.7 Å².